The Hall–Kier alpha value is -0.610. The first-order chi connectivity index (χ1) is 6.61. The Kier molecular flexibility index (Phi) is 4.35. The van der Waals surface area contributed by atoms with E-state index in [0.717, 1.165) is 12.8 Å². The van der Waals surface area contributed by atoms with Crippen molar-refractivity contribution in [2.24, 2.45) is 11.7 Å². The maximum Gasteiger partial charge on any atom is 0.225 e. The number of nitrogens with two attached hydrogens (primary N) is 1. The molecule has 0 saturated carbocycles. The molecule has 4 heteroatoms. The monoisotopic (exact) mass is 200 g/mol. The van der Waals surface area contributed by atoms with Crippen molar-refractivity contribution < 1.29 is 9.53 Å². The molecule has 2 N–H and O–H groups in total. The lowest BCUT2D eigenvalue weighted by Crippen LogP contribution is -2.41. The van der Waals surface area contributed by atoms with Crippen LogP contribution in [0.15, 0.2) is 0 Å². The zero-order valence-corrected chi connectivity index (χ0v) is 9.03. The van der Waals surface area contributed by atoms with E-state index >= 15 is 0 Å². The minimum atomic E-state index is 0.0452. The van der Waals surface area contributed by atoms with Crippen LogP contribution >= 0.6 is 0 Å². The topological polar surface area (TPSA) is 55.6 Å². The third kappa shape index (κ3) is 3.27. The average molecular weight is 200 g/mol. The van der Waals surface area contributed by atoms with E-state index in [1.807, 2.05) is 14.0 Å². The number of likely N-dealkylation sites (N-methyl/N-ethyl adjacent to an activating group) is 1. The van der Waals surface area contributed by atoms with E-state index in [1.54, 1.807) is 4.90 Å². The van der Waals surface area contributed by atoms with Crippen LogP contribution in [0.5, 0.6) is 0 Å². The fourth-order valence-corrected chi connectivity index (χ4v) is 1.78. The molecule has 0 radical (unpaired) electrons. The van der Waals surface area contributed by atoms with Gasteiger partial charge in [0.1, 0.15) is 0 Å². The molecular formula is C10H20N2O2. The van der Waals surface area contributed by atoms with Gasteiger partial charge in [0.05, 0.1) is 0 Å². The Morgan fingerprint density at radius 2 is 2.14 bits per heavy atom. The summed E-state index contributed by atoms with van der Waals surface area (Å²) in [6, 6.07) is 0.0452. The molecule has 14 heavy (non-hydrogen) atoms. The molecule has 0 bridgehead atoms. The van der Waals surface area contributed by atoms with E-state index in [2.05, 4.69) is 0 Å². The summed E-state index contributed by atoms with van der Waals surface area (Å²) in [5, 5.41) is 0. The van der Waals surface area contributed by atoms with Gasteiger partial charge < -0.3 is 15.4 Å². The van der Waals surface area contributed by atoms with Crippen LogP contribution in [0.3, 0.4) is 0 Å². The van der Waals surface area contributed by atoms with Gasteiger partial charge in [-0.15, -0.1) is 0 Å². The van der Waals surface area contributed by atoms with Crippen LogP contribution in [0.4, 0.5) is 0 Å². The van der Waals surface area contributed by atoms with E-state index in [9.17, 15) is 4.79 Å². The van der Waals surface area contributed by atoms with Gasteiger partial charge in [0, 0.05) is 38.8 Å². The highest BCUT2D eigenvalue weighted by atomic mass is 16.5. The molecule has 1 amide bonds. The second-order valence-corrected chi connectivity index (χ2v) is 4.08. The predicted octanol–water partition coefficient (Wildman–Crippen LogP) is 0.219. The van der Waals surface area contributed by atoms with Crippen molar-refractivity contribution in [3.05, 3.63) is 0 Å². The maximum absolute atomic E-state index is 11.8. The molecule has 1 unspecified atom stereocenters. The summed E-state index contributed by atoms with van der Waals surface area (Å²) in [6.07, 6.45) is 1.70. The third-order valence-electron chi connectivity index (χ3n) is 2.51. The largest absolute Gasteiger partial charge is 0.381 e. The van der Waals surface area contributed by atoms with Crippen molar-refractivity contribution >= 4 is 5.91 Å². The van der Waals surface area contributed by atoms with Gasteiger partial charge in [-0.1, -0.05) is 0 Å². The van der Waals surface area contributed by atoms with Gasteiger partial charge in [-0.25, -0.2) is 0 Å². The van der Waals surface area contributed by atoms with Crippen LogP contribution in [0.2, 0.25) is 0 Å². The summed E-state index contributed by atoms with van der Waals surface area (Å²) in [5.74, 6) is 0.359. The van der Waals surface area contributed by atoms with Crippen molar-refractivity contribution in [2.75, 3.05) is 26.8 Å². The lowest BCUT2D eigenvalue weighted by molar-refractivity contribution is -0.137. The number of hydrogen-bond donors (Lipinski definition) is 1. The standard InChI is InChI=1S/C10H20N2O2/c1-8(11)7-12(2)10(13)9-3-5-14-6-4-9/h8-9H,3-7,11H2,1-2H3. The summed E-state index contributed by atoms with van der Waals surface area (Å²) in [4.78, 5) is 13.6. The quantitative estimate of drug-likeness (QED) is 0.709. The summed E-state index contributed by atoms with van der Waals surface area (Å²) in [6.45, 7) is 3.97. The molecule has 0 aromatic rings. The fourth-order valence-electron chi connectivity index (χ4n) is 1.78. The number of carbonyl (C=O) groups excluding carboxylic acids is 1. The summed E-state index contributed by atoms with van der Waals surface area (Å²) in [7, 11) is 1.82. The van der Waals surface area contributed by atoms with Crippen LogP contribution in [0.1, 0.15) is 19.8 Å². The third-order valence-corrected chi connectivity index (χ3v) is 2.51. The first-order valence-corrected chi connectivity index (χ1v) is 5.19. The second-order valence-electron chi connectivity index (χ2n) is 4.08. The van der Waals surface area contributed by atoms with E-state index < -0.39 is 0 Å². The lowest BCUT2D eigenvalue weighted by atomic mass is 9.99. The van der Waals surface area contributed by atoms with Crippen molar-refractivity contribution in [1.29, 1.82) is 0 Å². The number of carbonyl (C=O) groups is 1. The Morgan fingerprint density at radius 1 is 1.57 bits per heavy atom. The summed E-state index contributed by atoms with van der Waals surface area (Å²) >= 11 is 0. The smallest absolute Gasteiger partial charge is 0.225 e. The Morgan fingerprint density at radius 3 is 2.64 bits per heavy atom. The zero-order valence-electron chi connectivity index (χ0n) is 9.03. The highest BCUT2D eigenvalue weighted by molar-refractivity contribution is 5.78. The Labute approximate surface area is 85.4 Å². The second kappa shape index (κ2) is 5.32. The van der Waals surface area contributed by atoms with Gasteiger partial charge in [-0.05, 0) is 19.8 Å². The van der Waals surface area contributed by atoms with Crippen LogP contribution in [-0.2, 0) is 9.53 Å². The van der Waals surface area contributed by atoms with E-state index in [0.29, 0.717) is 19.8 Å². The predicted molar refractivity (Wildman–Crippen MR) is 54.8 cm³/mol. The molecule has 1 aliphatic heterocycles. The minimum absolute atomic E-state index is 0.0452. The highest BCUT2D eigenvalue weighted by Gasteiger charge is 2.24. The molecule has 4 nitrogen and oxygen atoms in total. The number of hydrogen-bond acceptors (Lipinski definition) is 3. The van der Waals surface area contributed by atoms with E-state index in [4.69, 9.17) is 10.5 Å². The molecular weight excluding hydrogens is 180 g/mol. The molecule has 1 atom stereocenters. The van der Waals surface area contributed by atoms with Crippen molar-refractivity contribution in [3.63, 3.8) is 0 Å². The molecule has 0 aromatic carbocycles. The highest BCUT2D eigenvalue weighted by Crippen LogP contribution is 2.16. The average Bonchev–Trinajstić information content (AvgIpc) is 2.17. The van der Waals surface area contributed by atoms with Crippen LogP contribution in [0.25, 0.3) is 0 Å². The Bertz CT molecular complexity index is 189. The van der Waals surface area contributed by atoms with Crippen LogP contribution in [-0.4, -0.2) is 43.7 Å². The molecule has 1 saturated heterocycles. The molecule has 82 valence electrons. The maximum atomic E-state index is 11.8. The number of rotatable bonds is 3. The molecule has 1 rings (SSSR count). The molecule has 1 aliphatic rings. The SMILES string of the molecule is CC(N)CN(C)C(=O)C1CCOCC1. The van der Waals surface area contributed by atoms with Gasteiger partial charge in [0.25, 0.3) is 0 Å². The van der Waals surface area contributed by atoms with E-state index in [-0.39, 0.29) is 17.9 Å². The molecule has 1 fully saturated rings. The van der Waals surface area contributed by atoms with Crippen LogP contribution < -0.4 is 5.73 Å². The van der Waals surface area contributed by atoms with Crippen molar-refractivity contribution in [2.45, 2.75) is 25.8 Å². The normalized spacial score (nSPS) is 20.5. The zero-order chi connectivity index (χ0) is 10.6. The number of ether oxygens (including phenoxy) is 1. The summed E-state index contributed by atoms with van der Waals surface area (Å²) < 4.78 is 5.22. The van der Waals surface area contributed by atoms with Crippen LogP contribution in [0, 0.1) is 5.92 Å². The Balaban J connectivity index is 2.38. The van der Waals surface area contributed by atoms with Gasteiger partial charge in [-0.3, -0.25) is 4.79 Å². The minimum Gasteiger partial charge on any atom is -0.381 e. The fraction of sp³-hybridized carbons (Fsp3) is 0.900. The number of amides is 1. The molecule has 0 aromatic heterocycles. The molecule has 0 aliphatic carbocycles. The summed E-state index contributed by atoms with van der Waals surface area (Å²) in [5.41, 5.74) is 5.64. The van der Waals surface area contributed by atoms with Gasteiger partial charge in [0.15, 0.2) is 0 Å². The van der Waals surface area contributed by atoms with Crippen molar-refractivity contribution in [3.8, 4) is 0 Å². The first kappa shape index (κ1) is 11.5. The molecule has 1 heterocycles. The van der Waals surface area contributed by atoms with Gasteiger partial charge in [-0.2, -0.15) is 0 Å². The first-order valence-electron chi connectivity index (χ1n) is 5.19. The van der Waals surface area contributed by atoms with Gasteiger partial charge >= 0.3 is 0 Å². The number of nitrogens with zero attached hydrogens (tertiary/aromatic N) is 1. The lowest BCUT2D eigenvalue weighted by Gasteiger charge is -2.27. The van der Waals surface area contributed by atoms with Gasteiger partial charge in [0.2, 0.25) is 5.91 Å². The molecule has 0 spiro atoms. The van der Waals surface area contributed by atoms with Crippen molar-refractivity contribution in [1.82, 2.24) is 4.90 Å². The van der Waals surface area contributed by atoms with E-state index in [1.165, 1.54) is 0 Å².